The van der Waals surface area contributed by atoms with Crippen molar-refractivity contribution < 1.29 is 17.9 Å². The normalized spacial score (nSPS) is 15.2. The number of carbonyl (C=O) groups excluding carboxylic acids is 1. The van der Waals surface area contributed by atoms with Gasteiger partial charge in [0.1, 0.15) is 11.4 Å². The van der Waals surface area contributed by atoms with Crippen molar-refractivity contribution >= 4 is 37.6 Å². The van der Waals surface area contributed by atoms with Gasteiger partial charge in [0.2, 0.25) is 10.0 Å². The third-order valence-electron chi connectivity index (χ3n) is 3.10. The maximum Gasteiger partial charge on any atom is 0.321 e. The standard InChI is InChI=1S/C13H17BrN2O4S/c1-2-20-13(17)8-16(10-4-5-10)21(18,19)12-6-3-9(14)7-11(12)15/h3,6-7,10H,2,4-5,8,15H2,1H3. The first kappa shape index (κ1) is 16.3. The SMILES string of the molecule is CCOC(=O)CN(C1CC1)S(=O)(=O)c1ccc(Br)cc1N. The number of carbonyl (C=O) groups is 1. The second-order valence-corrected chi connectivity index (χ2v) is 7.54. The number of benzene rings is 1. The van der Waals surface area contributed by atoms with Crippen LogP contribution in [0.1, 0.15) is 19.8 Å². The fourth-order valence-corrected chi connectivity index (χ4v) is 4.09. The molecule has 1 saturated carbocycles. The summed E-state index contributed by atoms with van der Waals surface area (Å²) in [6.07, 6.45) is 1.49. The number of nitrogens with zero attached hydrogens (tertiary/aromatic N) is 1. The predicted molar refractivity (Wildman–Crippen MR) is 82.1 cm³/mol. The summed E-state index contributed by atoms with van der Waals surface area (Å²) in [6, 6.07) is 4.43. The highest BCUT2D eigenvalue weighted by Crippen LogP contribution is 2.34. The fraction of sp³-hybridized carbons (Fsp3) is 0.462. The smallest absolute Gasteiger partial charge is 0.321 e. The molecule has 116 valence electrons. The Hall–Kier alpha value is -1.12. The van der Waals surface area contributed by atoms with E-state index in [0.29, 0.717) is 4.47 Å². The van der Waals surface area contributed by atoms with Crippen LogP contribution in [-0.2, 0) is 19.6 Å². The van der Waals surface area contributed by atoms with Crippen LogP contribution >= 0.6 is 15.9 Å². The minimum Gasteiger partial charge on any atom is -0.465 e. The molecule has 0 atom stereocenters. The van der Waals surface area contributed by atoms with Gasteiger partial charge < -0.3 is 10.5 Å². The Morgan fingerprint density at radius 3 is 2.67 bits per heavy atom. The molecule has 8 heteroatoms. The lowest BCUT2D eigenvalue weighted by molar-refractivity contribution is -0.143. The molecule has 0 saturated heterocycles. The molecular weight excluding hydrogens is 360 g/mol. The van der Waals surface area contributed by atoms with E-state index in [1.807, 2.05) is 0 Å². The molecule has 21 heavy (non-hydrogen) atoms. The minimum atomic E-state index is -3.81. The van der Waals surface area contributed by atoms with Gasteiger partial charge in [-0.3, -0.25) is 4.79 Å². The molecule has 2 rings (SSSR count). The number of sulfonamides is 1. The maximum atomic E-state index is 12.7. The van der Waals surface area contributed by atoms with Crippen molar-refractivity contribution in [1.29, 1.82) is 0 Å². The second-order valence-electron chi connectivity index (χ2n) is 4.77. The van der Waals surface area contributed by atoms with Crippen molar-refractivity contribution in [3.63, 3.8) is 0 Å². The van der Waals surface area contributed by atoms with E-state index in [1.54, 1.807) is 13.0 Å². The summed E-state index contributed by atoms with van der Waals surface area (Å²) in [5.41, 5.74) is 5.96. The molecule has 0 spiro atoms. The van der Waals surface area contributed by atoms with Gasteiger partial charge in [-0.1, -0.05) is 15.9 Å². The van der Waals surface area contributed by atoms with E-state index in [2.05, 4.69) is 15.9 Å². The zero-order valence-corrected chi connectivity index (χ0v) is 14.0. The van der Waals surface area contributed by atoms with Crippen molar-refractivity contribution in [1.82, 2.24) is 4.31 Å². The Kier molecular flexibility index (Phi) is 4.90. The first-order valence-corrected chi connectivity index (χ1v) is 8.82. The first-order valence-electron chi connectivity index (χ1n) is 6.58. The molecule has 1 aliphatic rings. The van der Waals surface area contributed by atoms with Crippen molar-refractivity contribution in [2.45, 2.75) is 30.7 Å². The van der Waals surface area contributed by atoms with Crippen molar-refractivity contribution in [3.05, 3.63) is 22.7 Å². The molecule has 1 aromatic rings. The Labute approximate surface area is 132 Å². The number of anilines is 1. The predicted octanol–water partition coefficient (Wildman–Crippen LogP) is 1.75. The summed E-state index contributed by atoms with van der Waals surface area (Å²) < 4.78 is 32.1. The number of esters is 1. The van der Waals surface area contributed by atoms with Crippen molar-refractivity contribution in [2.24, 2.45) is 0 Å². The Morgan fingerprint density at radius 2 is 2.14 bits per heavy atom. The summed E-state index contributed by atoms with van der Waals surface area (Å²) in [5, 5.41) is 0. The molecule has 0 heterocycles. The van der Waals surface area contributed by atoms with Crippen LogP contribution in [0, 0.1) is 0 Å². The highest BCUT2D eigenvalue weighted by atomic mass is 79.9. The van der Waals surface area contributed by atoms with Crippen molar-refractivity contribution in [3.8, 4) is 0 Å². The number of nitrogen functional groups attached to an aromatic ring is 1. The number of rotatable bonds is 6. The van der Waals surface area contributed by atoms with Gasteiger partial charge in [0, 0.05) is 10.5 Å². The Balaban J connectivity index is 2.31. The summed E-state index contributed by atoms with van der Waals surface area (Å²) in [7, 11) is -3.81. The molecule has 0 radical (unpaired) electrons. The minimum absolute atomic E-state index is 0.0156. The largest absolute Gasteiger partial charge is 0.465 e. The lowest BCUT2D eigenvalue weighted by Gasteiger charge is -2.21. The average molecular weight is 377 g/mol. The van der Waals surface area contributed by atoms with Gasteiger partial charge in [0.25, 0.3) is 0 Å². The number of ether oxygens (including phenoxy) is 1. The summed E-state index contributed by atoms with van der Waals surface area (Å²) >= 11 is 3.24. The van der Waals surface area contributed by atoms with Crippen LogP contribution in [0.15, 0.2) is 27.6 Å². The summed E-state index contributed by atoms with van der Waals surface area (Å²) in [5.74, 6) is -0.552. The van der Waals surface area contributed by atoms with Crippen molar-refractivity contribution in [2.75, 3.05) is 18.9 Å². The van der Waals surface area contributed by atoms with Crippen LogP contribution in [0.2, 0.25) is 0 Å². The molecule has 0 unspecified atom stereocenters. The fourth-order valence-electron chi connectivity index (χ4n) is 1.99. The lowest BCUT2D eigenvalue weighted by Crippen LogP contribution is -2.38. The molecular formula is C13H17BrN2O4S. The van der Waals surface area contributed by atoms with Crippen LogP contribution in [0.3, 0.4) is 0 Å². The molecule has 0 bridgehead atoms. The maximum absolute atomic E-state index is 12.7. The van der Waals surface area contributed by atoms with E-state index >= 15 is 0 Å². The van der Waals surface area contributed by atoms with E-state index < -0.39 is 16.0 Å². The zero-order valence-electron chi connectivity index (χ0n) is 11.6. The summed E-state index contributed by atoms with van der Waals surface area (Å²) in [4.78, 5) is 11.7. The Morgan fingerprint density at radius 1 is 1.48 bits per heavy atom. The Bertz CT molecular complexity index is 644. The van der Waals surface area contributed by atoms with E-state index in [9.17, 15) is 13.2 Å². The quantitative estimate of drug-likeness (QED) is 0.603. The average Bonchev–Trinajstić information content (AvgIpc) is 3.19. The van der Waals surface area contributed by atoms with E-state index in [4.69, 9.17) is 10.5 Å². The molecule has 2 N–H and O–H groups in total. The van der Waals surface area contributed by atoms with Gasteiger partial charge in [0.15, 0.2) is 0 Å². The molecule has 6 nitrogen and oxygen atoms in total. The van der Waals surface area contributed by atoms with Gasteiger partial charge in [-0.25, -0.2) is 8.42 Å². The van der Waals surface area contributed by atoms with Crippen LogP contribution in [0.5, 0.6) is 0 Å². The van der Waals surface area contributed by atoms with Gasteiger partial charge >= 0.3 is 5.97 Å². The zero-order chi connectivity index (χ0) is 15.6. The summed E-state index contributed by atoms with van der Waals surface area (Å²) in [6.45, 7) is 1.62. The van der Waals surface area contributed by atoms with Crippen LogP contribution in [-0.4, -0.2) is 37.9 Å². The molecule has 0 aliphatic heterocycles. The molecule has 1 aromatic carbocycles. The third kappa shape index (κ3) is 3.75. The number of hydrogen-bond donors (Lipinski definition) is 1. The molecule has 1 fully saturated rings. The first-order chi connectivity index (χ1) is 9.86. The monoisotopic (exact) mass is 376 g/mol. The third-order valence-corrected chi connectivity index (χ3v) is 5.57. The van der Waals surface area contributed by atoms with Gasteiger partial charge in [-0.2, -0.15) is 4.31 Å². The van der Waals surface area contributed by atoms with Crippen LogP contribution < -0.4 is 5.73 Å². The van der Waals surface area contributed by atoms with Crippen LogP contribution in [0.4, 0.5) is 5.69 Å². The second kappa shape index (κ2) is 6.33. The molecule has 1 aliphatic carbocycles. The number of nitrogens with two attached hydrogens (primary N) is 1. The highest BCUT2D eigenvalue weighted by molar-refractivity contribution is 9.10. The van der Waals surface area contributed by atoms with Gasteiger partial charge in [-0.05, 0) is 38.0 Å². The molecule has 0 aromatic heterocycles. The number of halogens is 1. The number of hydrogen-bond acceptors (Lipinski definition) is 5. The van der Waals surface area contributed by atoms with Gasteiger partial charge in [-0.15, -0.1) is 0 Å². The topological polar surface area (TPSA) is 89.7 Å². The highest BCUT2D eigenvalue weighted by Gasteiger charge is 2.40. The van der Waals surface area contributed by atoms with Crippen LogP contribution in [0.25, 0.3) is 0 Å². The molecule has 0 amide bonds. The van der Waals surface area contributed by atoms with E-state index in [1.165, 1.54) is 16.4 Å². The lowest BCUT2D eigenvalue weighted by atomic mass is 10.3. The van der Waals surface area contributed by atoms with Gasteiger partial charge in [0.05, 0.1) is 12.3 Å². The van der Waals surface area contributed by atoms with E-state index in [0.717, 1.165) is 12.8 Å². The van der Waals surface area contributed by atoms with E-state index in [-0.39, 0.29) is 29.8 Å².